The number of carboxylic acid groups (broad SMARTS) is 1. The Hall–Kier alpha value is -2.88. The molecule has 2 aromatic carbocycles. The first-order chi connectivity index (χ1) is 11.5. The highest BCUT2D eigenvalue weighted by Gasteiger charge is 2.25. The van der Waals surface area contributed by atoms with Gasteiger partial charge < -0.3 is 9.84 Å². The summed E-state index contributed by atoms with van der Waals surface area (Å²) in [7, 11) is 1.61. The van der Waals surface area contributed by atoms with E-state index in [2.05, 4.69) is 0 Å². The number of ether oxygens (including phenoxy) is 1. The molecular weight excluding hydrogens is 307 g/mol. The number of rotatable bonds is 4. The van der Waals surface area contributed by atoms with E-state index in [1.807, 2.05) is 37.3 Å². The maximum absolute atomic E-state index is 13.7. The van der Waals surface area contributed by atoms with Crippen molar-refractivity contribution in [1.29, 1.82) is 0 Å². The van der Waals surface area contributed by atoms with Crippen LogP contribution in [0.2, 0.25) is 0 Å². The number of carboxylic acids is 1. The molecule has 24 heavy (non-hydrogen) atoms. The van der Waals surface area contributed by atoms with E-state index >= 15 is 0 Å². The molecule has 0 atom stereocenters. The molecule has 0 aliphatic heterocycles. The van der Waals surface area contributed by atoms with Crippen LogP contribution in [0.15, 0.2) is 48.0 Å². The van der Waals surface area contributed by atoms with Gasteiger partial charge in [-0.15, -0.1) is 0 Å². The number of benzene rings is 2. The van der Waals surface area contributed by atoms with Crippen molar-refractivity contribution in [3.05, 3.63) is 70.5 Å². The maximum Gasteiger partial charge on any atom is 0.307 e. The van der Waals surface area contributed by atoms with Gasteiger partial charge in [0.2, 0.25) is 0 Å². The molecule has 0 amide bonds. The third-order valence-corrected chi connectivity index (χ3v) is 4.22. The summed E-state index contributed by atoms with van der Waals surface area (Å²) in [4.78, 5) is 11.2. The number of aliphatic carboxylic acids is 1. The molecule has 2 aromatic rings. The van der Waals surface area contributed by atoms with Crippen molar-refractivity contribution in [1.82, 2.24) is 0 Å². The highest BCUT2D eigenvalue weighted by Crippen LogP contribution is 2.44. The van der Waals surface area contributed by atoms with Gasteiger partial charge in [-0.2, -0.15) is 0 Å². The van der Waals surface area contributed by atoms with Gasteiger partial charge in [0.05, 0.1) is 13.5 Å². The zero-order valence-electron chi connectivity index (χ0n) is 13.5. The Kier molecular flexibility index (Phi) is 4.21. The standard InChI is InChI=1S/C20H17FO3/c1-12-16(9-13-5-3-4-6-19(13)24-2)15-8-7-14(21)10-18(15)17(12)11-20(22)23/h3-10H,11H2,1-2H3,(H,22,23)/b16-9-. The van der Waals surface area contributed by atoms with E-state index < -0.39 is 5.97 Å². The van der Waals surface area contributed by atoms with Crippen molar-refractivity contribution in [2.24, 2.45) is 0 Å². The van der Waals surface area contributed by atoms with Crippen molar-refractivity contribution in [3.8, 4) is 5.75 Å². The van der Waals surface area contributed by atoms with Gasteiger partial charge in [0.15, 0.2) is 0 Å². The number of methoxy groups -OCH3 is 1. The van der Waals surface area contributed by atoms with Gasteiger partial charge in [-0.1, -0.05) is 24.3 Å². The summed E-state index contributed by atoms with van der Waals surface area (Å²) in [6, 6.07) is 12.1. The van der Waals surface area contributed by atoms with Gasteiger partial charge in [0.1, 0.15) is 11.6 Å². The van der Waals surface area contributed by atoms with E-state index in [1.54, 1.807) is 13.2 Å². The van der Waals surface area contributed by atoms with Crippen LogP contribution in [-0.2, 0) is 4.79 Å². The van der Waals surface area contributed by atoms with Gasteiger partial charge >= 0.3 is 5.97 Å². The molecule has 0 aromatic heterocycles. The summed E-state index contributed by atoms with van der Waals surface area (Å²) in [5.74, 6) is -0.575. The Bertz CT molecular complexity index is 878. The zero-order valence-corrected chi connectivity index (χ0v) is 13.5. The molecular formula is C20H17FO3. The fourth-order valence-electron chi connectivity index (χ4n) is 3.07. The van der Waals surface area contributed by atoms with E-state index in [9.17, 15) is 14.3 Å². The van der Waals surface area contributed by atoms with E-state index in [-0.39, 0.29) is 12.2 Å². The van der Waals surface area contributed by atoms with Crippen molar-refractivity contribution >= 4 is 23.2 Å². The van der Waals surface area contributed by atoms with Crippen LogP contribution in [0.3, 0.4) is 0 Å². The Morgan fingerprint density at radius 2 is 1.96 bits per heavy atom. The molecule has 0 spiro atoms. The predicted octanol–water partition coefficient (Wildman–Crippen LogP) is 4.64. The molecule has 3 nitrogen and oxygen atoms in total. The molecule has 0 unspecified atom stereocenters. The first kappa shape index (κ1) is 16.0. The van der Waals surface area contributed by atoms with Crippen molar-refractivity contribution in [2.75, 3.05) is 7.11 Å². The summed E-state index contributed by atoms with van der Waals surface area (Å²) < 4.78 is 19.0. The quantitative estimate of drug-likeness (QED) is 0.891. The number of allylic oxidation sites excluding steroid dienone is 2. The third kappa shape index (κ3) is 2.83. The highest BCUT2D eigenvalue weighted by atomic mass is 19.1. The largest absolute Gasteiger partial charge is 0.496 e. The van der Waals surface area contributed by atoms with E-state index in [4.69, 9.17) is 4.74 Å². The Labute approximate surface area is 139 Å². The summed E-state index contributed by atoms with van der Waals surface area (Å²) >= 11 is 0. The SMILES string of the molecule is COc1ccccc1/C=C1/C(C)=C(CC(=O)O)c2cc(F)ccc21. The lowest BCUT2D eigenvalue weighted by molar-refractivity contribution is -0.135. The lowest BCUT2D eigenvalue weighted by Gasteiger charge is -2.07. The molecule has 3 rings (SSSR count). The van der Waals surface area contributed by atoms with Crippen LogP contribution < -0.4 is 4.74 Å². The van der Waals surface area contributed by atoms with Crippen LogP contribution in [0.4, 0.5) is 4.39 Å². The monoisotopic (exact) mass is 324 g/mol. The number of para-hydroxylation sites is 1. The summed E-state index contributed by atoms with van der Waals surface area (Å²) in [5.41, 5.74) is 4.78. The molecule has 122 valence electrons. The molecule has 1 aliphatic carbocycles. The summed E-state index contributed by atoms with van der Waals surface area (Å²) in [6.07, 6.45) is 1.82. The molecule has 0 fully saturated rings. The van der Waals surface area contributed by atoms with Crippen LogP contribution in [0.1, 0.15) is 30.0 Å². The molecule has 0 bridgehead atoms. The summed E-state index contributed by atoms with van der Waals surface area (Å²) in [5, 5.41) is 9.18. The van der Waals surface area contributed by atoms with Crippen LogP contribution >= 0.6 is 0 Å². The Morgan fingerprint density at radius 3 is 2.67 bits per heavy atom. The van der Waals surface area contributed by atoms with Crippen molar-refractivity contribution in [2.45, 2.75) is 13.3 Å². The van der Waals surface area contributed by atoms with E-state index in [0.717, 1.165) is 28.0 Å². The van der Waals surface area contributed by atoms with Crippen LogP contribution in [0.5, 0.6) is 5.75 Å². The van der Waals surface area contributed by atoms with Gasteiger partial charge in [-0.3, -0.25) is 4.79 Å². The van der Waals surface area contributed by atoms with Crippen molar-refractivity contribution < 1.29 is 19.0 Å². The number of halogens is 1. The maximum atomic E-state index is 13.7. The number of hydrogen-bond donors (Lipinski definition) is 1. The van der Waals surface area contributed by atoms with E-state index in [1.165, 1.54) is 12.1 Å². The average Bonchev–Trinajstić information content (AvgIpc) is 2.80. The molecule has 1 aliphatic rings. The van der Waals surface area contributed by atoms with Crippen molar-refractivity contribution in [3.63, 3.8) is 0 Å². The van der Waals surface area contributed by atoms with Crippen LogP contribution in [0, 0.1) is 5.82 Å². The Morgan fingerprint density at radius 1 is 1.21 bits per heavy atom. The topological polar surface area (TPSA) is 46.5 Å². The highest BCUT2D eigenvalue weighted by molar-refractivity contribution is 6.07. The second-order valence-corrected chi connectivity index (χ2v) is 5.66. The minimum atomic E-state index is -0.932. The molecule has 0 heterocycles. The third-order valence-electron chi connectivity index (χ3n) is 4.22. The zero-order chi connectivity index (χ0) is 17.3. The molecule has 4 heteroatoms. The number of fused-ring (bicyclic) bond motifs is 1. The van der Waals surface area contributed by atoms with Gasteiger partial charge in [-0.25, -0.2) is 4.39 Å². The number of carbonyl (C=O) groups is 1. The van der Waals surface area contributed by atoms with E-state index in [0.29, 0.717) is 11.1 Å². The summed E-state index contributed by atoms with van der Waals surface area (Å²) in [6.45, 7) is 1.87. The van der Waals surface area contributed by atoms with Gasteiger partial charge in [0.25, 0.3) is 0 Å². The molecule has 0 radical (unpaired) electrons. The van der Waals surface area contributed by atoms with Gasteiger partial charge in [0, 0.05) is 5.56 Å². The Balaban J connectivity index is 2.19. The lowest BCUT2D eigenvalue weighted by Crippen LogP contribution is -1.97. The number of hydrogen-bond acceptors (Lipinski definition) is 2. The fraction of sp³-hybridized carbons (Fsp3) is 0.150. The van der Waals surface area contributed by atoms with Gasteiger partial charge in [-0.05, 0) is 59.0 Å². The van der Waals surface area contributed by atoms with Crippen LogP contribution in [0.25, 0.3) is 17.2 Å². The molecule has 1 N–H and O–H groups in total. The fourth-order valence-corrected chi connectivity index (χ4v) is 3.07. The smallest absolute Gasteiger partial charge is 0.307 e. The molecule has 0 saturated carbocycles. The molecule has 0 saturated heterocycles. The second kappa shape index (κ2) is 6.32. The first-order valence-electron chi connectivity index (χ1n) is 7.58. The second-order valence-electron chi connectivity index (χ2n) is 5.66. The average molecular weight is 324 g/mol. The predicted molar refractivity (Wildman–Crippen MR) is 92.1 cm³/mol. The normalized spacial score (nSPS) is 14.9. The lowest BCUT2D eigenvalue weighted by atomic mass is 10.00. The minimum absolute atomic E-state index is 0.133. The van der Waals surface area contributed by atoms with Crippen LogP contribution in [-0.4, -0.2) is 18.2 Å². The minimum Gasteiger partial charge on any atom is -0.496 e. The first-order valence-corrected chi connectivity index (χ1v) is 7.58.